The summed E-state index contributed by atoms with van der Waals surface area (Å²) < 4.78 is 5.77. The molecule has 0 bridgehead atoms. The third-order valence-electron chi connectivity index (χ3n) is 3.05. The summed E-state index contributed by atoms with van der Waals surface area (Å²) in [7, 11) is 0. The van der Waals surface area contributed by atoms with Gasteiger partial charge in [0.1, 0.15) is 5.75 Å². The molecule has 1 aromatic carbocycles. The number of nitrogens with zero attached hydrogens (tertiary/aromatic N) is 1. The molecule has 0 aliphatic rings. The average molecular weight is 256 g/mol. The molecule has 0 aliphatic carbocycles. The first kappa shape index (κ1) is 13.4. The summed E-state index contributed by atoms with van der Waals surface area (Å²) >= 11 is 0. The predicted octanol–water partition coefficient (Wildman–Crippen LogP) is 4.06. The zero-order chi connectivity index (χ0) is 14.0. The fourth-order valence-electron chi connectivity index (χ4n) is 1.82. The van der Waals surface area contributed by atoms with Crippen molar-refractivity contribution in [2.75, 3.05) is 5.73 Å². The Kier molecular flexibility index (Phi) is 3.47. The molecule has 0 atom stereocenters. The van der Waals surface area contributed by atoms with Crippen LogP contribution in [0.2, 0.25) is 0 Å². The summed E-state index contributed by atoms with van der Waals surface area (Å²) in [5.74, 6) is 1.24. The van der Waals surface area contributed by atoms with Crippen molar-refractivity contribution >= 4 is 5.69 Å². The zero-order valence-corrected chi connectivity index (χ0v) is 11.9. The number of aromatic nitrogens is 1. The molecule has 0 saturated heterocycles. The average Bonchev–Trinajstić information content (AvgIpc) is 2.33. The highest BCUT2D eigenvalue weighted by Gasteiger charge is 2.15. The van der Waals surface area contributed by atoms with Crippen LogP contribution in [-0.4, -0.2) is 4.98 Å². The van der Waals surface area contributed by atoms with Gasteiger partial charge in [0.05, 0.1) is 5.69 Å². The van der Waals surface area contributed by atoms with Crippen molar-refractivity contribution < 1.29 is 4.74 Å². The van der Waals surface area contributed by atoms with Crippen LogP contribution >= 0.6 is 0 Å². The molecule has 100 valence electrons. The van der Waals surface area contributed by atoms with E-state index in [1.807, 2.05) is 13.0 Å². The van der Waals surface area contributed by atoms with Gasteiger partial charge < -0.3 is 10.5 Å². The summed E-state index contributed by atoms with van der Waals surface area (Å²) in [5.41, 5.74) is 8.87. The zero-order valence-electron chi connectivity index (χ0n) is 11.9. The van der Waals surface area contributed by atoms with Crippen molar-refractivity contribution in [3.05, 3.63) is 47.7 Å². The first-order valence-electron chi connectivity index (χ1n) is 6.37. The maximum absolute atomic E-state index is 5.83. The summed E-state index contributed by atoms with van der Waals surface area (Å²) in [6.45, 7) is 8.61. The summed E-state index contributed by atoms with van der Waals surface area (Å²) in [6.07, 6.45) is 1.67. The fourth-order valence-corrected chi connectivity index (χ4v) is 1.82. The molecule has 1 heterocycles. The predicted molar refractivity (Wildman–Crippen MR) is 78.6 cm³/mol. The number of nitrogens with two attached hydrogens (primary N) is 1. The number of nitrogen functional groups attached to an aromatic ring is 1. The Balaban J connectivity index is 2.30. The molecule has 19 heavy (non-hydrogen) atoms. The first-order chi connectivity index (χ1) is 8.88. The highest BCUT2D eigenvalue weighted by Crippen LogP contribution is 2.31. The smallest absolute Gasteiger partial charge is 0.242 e. The van der Waals surface area contributed by atoms with Gasteiger partial charge in [0.15, 0.2) is 0 Å². The molecular formula is C16H20N2O. The van der Waals surface area contributed by atoms with Crippen molar-refractivity contribution in [3.63, 3.8) is 0 Å². The molecule has 0 amide bonds. The van der Waals surface area contributed by atoms with E-state index in [1.165, 1.54) is 5.56 Å². The number of hydrogen-bond donors (Lipinski definition) is 1. The topological polar surface area (TPSA) is 48.1 Å². The minimum atomic E-state index is 0.132. The van der Waals surface area contributed by atoms with E-state index in [2.05, 4.69) is 37.9 Å². The lowest BCUT2D eigenvalue weighted by Gasteiger charge is -2.20. The van der Waals surface area contributed by atoms with E-state index in [0.717, 1.165) is 11.3 Å². The van der Waals surface area contributed by atoms with E-state index in [0.29, 0.717) is 11.6 Å². The van der Waals surface area contributed by atoms with Crippen molar-refractivity contribution in [2.45, 2.75) is 33.1 Å². The van der Waals surface area contributed by atoms with Gasteiger partial charge >= 0.3 is 0 Å². The summed E-state index contributed by atoms with van der Waals surface area (Å²) in [5, 5.41) is 0. The maximum Gasteiger partial charge on any atom is 0.242 e. The Morgan fingerprint density at radius 2 is 1.89 bits per heavy atom. The van der Waals surface area contributed by atoms with Crippen LogP contribution in [0.25, 0.3) is 0 Å². The molecule has 0 unspecified atom stereocenters. The third kappa shape index (κ3) is 3.05. The van der Waals surface area contributed by atoms with E-state index in [1.54, 1.807) is 18.3 Å². The van der Waals surface area contributed by atoms with Gasteiger partial charge in [-0.25, -0.2) is 4.98 Å². The molecule has 3 nitrogen and oxygen atoms in total. The van der Waals surface area contributed by atoms with Crippen molar-refractivity contribution in [1.29, 1.82) is 0 Å². The van der Waals surface area contributed by atoms with Gasteiger partial charge in [-0.2, -0.15) is 0 Å². The molecule has 3 heteroatoms. The van der Waals surface area contributed by atoms with Crippen LogP contribution in [0.3, 0.4) is 0 Å². The number of hydrogen-bond acceptors (Lipinski definition) is 3. The lowest BCUT2D eigenvalue weighted by Crippen LogP contribution is -2.11. The van der Waals surface area contributed by atoms with Crippen LogP contribution in [0, 0.1) is 6.92 Å². The molecule has 0 saturated carbocycles. The highest BCUT2D eigenvalue weighted by atomic mass is 16.5. The summed E-state index contributed by atoms with van der Waals surface area (Å²) in [6, 6.07) is 9.78. The Morgan fingerprint density at radius 3 is 2.47 bits per heavy atom. The Morgan fingerprint density at radius 1 is 1.16 bits per heavy atom. The van der Waals surface area contributed by atoms with E-state index < -0.39 is 0 Å². The normalized spacial score (nSPS) is 11.4. The second kappa shape index (κ2) is 4.92. The van der Waals surface area contributed by atoms with Crippen LogP contribution in [0.5, 0.6) is 11.6 Å². The molecule has 0 fully saturated rings. The minimum absolute atomic E-state index is 0.132. The van der Waals surface area contributed by atoms with Crippen LogP contribution < -0.4 is 10.5 Å². The number of benzene rings is 1. The van der Waals surface area contributed by atoms with Crippen molar-refractivity contribution in [2.24, 2.45) is 0 Å². The molecule has 2 N–H and O–H groups in total. The molecule has 0 spiro atoms. The Labute approximate surface area is 114 Å². The van der Waals surface area contributed by atoms with E-state index in [4.69, 9.17) is 10.5 Å². The van der Waals surface area contributed by atoms with Gasteiger partial charge in [0.2, 0.25) is 5.88 Å². The quantitative estimate of drug-likeness (QED) is 0.881. The second-order valence-electron chi connectivity index (χ2n) is 5.73. The van der Waals surface area contributed by atoms with Gasteiger partial charge in [-0.3, -0.25) is 0 Å². The van der Waals surface area contributed by atoms with Crippen LogP contribution in [0.1, 0.15) is 31.9 Å². The molecule has 0 aliphatic heterocycles. The van der Waals surface area contributed by atoms with Crippen LogP contribution in [0.4, 0.5) is 5.69 Å². The second-order valence-corrected chi connectivity index (χ2v) is 5.73. The lowest BCUT2D eigenvalue weighted by atomic mass is 9.86. The third-order valence-corrected chi connectivity index (χ3v) is 3.05. The molecule has 1 aromatic heterocycles. The van der Waals surface area contributed by atoms with E-state index in [-0.39, 0.29) is 5.41 Å². The number of aryl methyl sites for hydroxylation is 1. The van der Waals surface area contributed by atoms with Crippen molar-refractivity contribution in [3.8, 4) is 11.6 Å². The van der Waals surface area contributed by atoms with Crippen LogP contribution in [0.15, 0.2) is 36.5 Å². The minimum Gasteiger partial charge on any atom is -0.437 e. The van der Waals surface area contributed by atoms with Gasteiger partial charge in [-0.15, -0.1) is 0 Å². The van der Waals surface area contributed by atoms with Gasteiger partial charge in [-0.1, -0.05) is 32.9 Å². The molecule has 0 radical (unpaired) electrons. The van der Waals surface area contributed by atoms with E-state index >= 15 is 0 Å². The largest absolute Gasteiger partial charge is 0.437 e. The SMILES string of the molecule is Cc1cc(C(C)(C)C)ccc1Oc1ncccc1N. The first-order valence-corrected chi connectivity index (χ1v) is 6.37. The van der Waals surface area contributed by atoms with Gasteiger partial charge in [0, 0.05) is 6.20 Å². The number of pyridine rings is 1. The molecule has 2 aromatic rings. The van der Waals surface area contributed by atoms with Crippen LogP contribution in [-0.2, 0) is 5.41 Å². The number of ether oxygens (including phenoxy) is 1. The molecular weight excluding hydrogens is 236 g/mol. The Hall–Kier alpha value is -2.03. The molecule has 2 rings (SSSR count). The lowest BCUT2D eigenvalue weighted by molar-refractivity contribution is 0.461. The fraction of sp³-hybridized carbons (Fsp3) is 0.312. The van der Waals surface area contributed by atoms with E-state index in [9.17, 15) is 0 Å². The monoisotopic (exact) mass is 256 g/mol. The Bertz CT molecular complexity index is 586. The number of anilines is 1. The summed E-state index contributed by atoms with van der Waals surface area (Å²) in [4.78, 5) is 4.14. The van der Waals surface area contributed by atoms with Gasteiger partial charge in [-0.05, 0) is 41.7 Å². The maximum atomic E-state index is 5.83. The van der Waals surface area contributed by atoms with Crippen molar-refractivity contribution in [1.82, 2.24) is 4.98 Å². The van der Waals surface area contributed by atoms with Gasteiger partial charge in [0.25, 0.3) is 0 Å². The number of rotatable bonds is 2. The standard InChI is InChI=1S/C16H20N2O/c1-11-10-12(16(2,3)4)7-8-14(11)19-15-13(17)6-5-9-18-15/h5-10H,17H2,1-4H3. The highest BCUT2D eigenvalue weighted by molar-refractivity contribution is 5.50.